The molecular formula is C34H37ClF3N7O6. The minimum absolute atomic E-state index is 0.0348. The molecule has 17 heteroatoms. The lowest BCUT2D eigenvalue weighted by Crippen LogP contribution is -2.43. The molecule has 2 amide bonds. The average Bonchev–Trinajstić information content (AvgIpc) is 3.85. The van der Waals surface area contributed by atoms with Crippen molar-refractivity contribution in [2.24, 2.45) is 5.92 Å². The van der Waals surface area contributed by atoms with E-state index in [2.05, 4.69) is 43.1 Å². The first-order chi connectivity index (χ1) is 24.2. The Balaban J connectivity index is 1.21. The number of nitrogens with one attached hydrogen (secondary N) is 4. The van der Waals surface area contributed by atoms with Crippen LogP contribution in [0.2, 0.25) is 5.02 Å². The number of carboxylic acids is 1. The lowest BCUT2D eigenvalue weighted by atomic mass is 9.87. The van der Waals surface area contributed by atoms with E-state index in [0.717, 1.165) is 31.2 Å². The van der Waals surface area contributed by atoms with Crippen molar-refractivity contribution < 1.29 is 42.2 Å². The van der Waals surface area contributed by atoms with Crippen LogP contribution in [0.15, 0.2) is 48.5 Å². The number of anilines is 3. The van der Waals surface area contributed by atoms with Gasteiger partial charge in [0, 0.05) is 28.7 Å². The molecule has 2 aliphatic rings. The van der Waals surface area contributed by atoms with Gasteiger partial charge in [0.1, 0.15) is 6.04 Å². The van der Waals surface area contributed by atoms with Crippen molar-refractivity contribution in [2.45, 2.75) is 82.1 Å². The summed E-state index contributed by atoms with van der Waals surface area (Å²) < 4.78 is 43.6. The number of halogens is 4. The number of hydrogen-bond donors (Lipinski definition) is 5. The smallest absolute Gasteiger partial charge is 0.422 e. The Bertz CT molecular complexity index is 1740. The highest BCUT2D eigenvalue weighted by atomic mass is 35.5. The van der Waals surface area contributed by atoms with Crippen molar-refractivity contribution in [3.63, 3.8) is 0 Å². The molecule has 0 bridgehead atoms. The lowest BCUT2D eigenvalue weighted by molar-refractivity contribution is -0.154. The molecule has 13 nitrogen and oxygen atoms in total. The van der Waals surface area contributed by atoms with Crippen LogP contribution >= 0.6 is 11.6 Å². The van der Waals surface area contributed by atoms with Gasteiger partial charge >= 0.3 is 18.2 Å². The number of ether oxygens (including phenoxy) is 1. The normalized spacial score (nSPS) is 18.5. The Labute approximate surface area is 296 Å². The second-order valence-electron chi connectivity index (χ2n) is 12.9. The average molecular weight is 732 g/mol. The van der Waals surface area contributed by atoms with Gasteiger partial charge in [0.25, 0.3) is 11.8 Å². The second-order valence-corrected chi connectivity index (χ2v) is 13.3. The van der Waals surface area contributed by atoms with Gasteiger partial charge in [-0.3, -0.25) is 14.4 Å². The van der Waals surface area contributed by atoms with Gasteiger partial charge in [-0.1, -0.05) is 43.5 Å². The van der Waals surface area contributed by atoms with E-state index in [1.807, 2.05) is 12.1 Å². The van der Waals surface area contributed by atoms with Crippen molar-refractivity contribution in [1.29, 1.82) is 0 Å². The molecule has 0 spiro atoms. The number of rotatable bonds is 15. The molecule has 2 aliphatic carbocycles. The summed E-state index contributed by atoms with van der Waals surface area (Å²) in [5, 5.41) is 21.3. The third-order valence-corrected chi connectivity index (χ3v) is 8.92. The minimum Gasteiger partial charge on any atom is -0.480 e. The molecule has 2 fully saturated rings. The highest BCUT2D eigenvalue weighted by Crippen LogP contribution is 2.48. The third kappa shape index (κ3) is 10.7. The fourth-order valence-corrected chi connectivity index (χ4v) is 5.95. The van der Waals surface area contributed by atoms with Gasteiger partial charge in [0.05, 0.1) is 5.54 Å². The molecule has 2 saturated carbocycles. The molecule has 0 radical (unpaired) electrons. The lowest BCUT2D eigenvalue weighted by Gasteiger charge is -2.27. The monoisotopic (exact) mass is 731 g/mol. The molecular weight excluding hydrogens is 695 g/mol. The number of Topliss-reactive ketones (excluding diaryl/α,β-unsaturated/α-hetero) is 1. The van der Waals surface area contributed by atoms with Crippen molar-refractivity contribution in [3.05, 3.63) is 64.7 Å². The highest BCUT2D eigenvalue weighted by molar-refractivity contribution is 6.36. The number of aromatic nitrogens is 3. The van der Waals surface area contributed by atoms with Crippen molar-refractivity contribution >= 4 is 52.8 Å². The largest absolute Gasteiger partial charge is 0.480 e. The van der Waals surface area contributed by atoms with Gasteiger partial charge in [-0.2, -0.15) is 28.1 Å². The maximum atomic E-state index is 12.9. The van der Waals surface area contributed by atoms with E-state index in [4.69, 9.17) is 16.3 Å². The molecule has 2 aromatic carbocycles. The molecule has 51 heavy (non-hydrogen) atoms. The quantitative estimate of drug-likeness (QED) is 0.124. The molecule has 5 N–H and O–H groups in total. The van der Waals surface area contributed by atoms with E-state index in [1.165, 1.54) is 24.3 Å². The van der Waals surface area contributed by atoms with Crippen LogP contribution in [0.1, 0.15) is 74.2 Å². The Kier molecular flexibility index (Phi) is 11.6. The predicted molar refractivity (Wildman–Crippen MR) is 180 cm³/mol. The summed E-state index contributed by atoms with van der Waals surface area (Å²) in [6.45, 7) is 0.456. The van der Waals surface area contributed by atoms with Crippen molar-refractivity contribution in [1.82, 2.24) is 25.6 Å². The zero-order chi connectivity index (χ0) is 36.8. The first kappa shape index (κ1) is 37.3. The third-order valence-electron chi connectivity index (χ3n) is 8.67. The van der Waals surface area contributed by atoms with Crippen LogP contribution in [0.3, 0.4) is 0 Å². The van der Waals surface area contributed by atoms with Gasteiger partial charge in [-0.05, 0) is 80.0 Å². The van der Waals surface area contributed by atoms with Crippen LogP contribution in [0.25, 0.3) is 0 Å². The molecule has 3 aromatic rings. The Morgan fingerprint density at radius 1 is 1.00 bits per heavy atom. The zero-order valence-corrected chi connectivity index (χ0v) is 28.3. The molecule has 3 atom stereocenters. The fourth-order valence-electron chi connectivity index (χ4n) is 5.83. The summed E-state index contributed by atoms with van der Waals surface area (Å²) in [5.74, 6) is -3.38. The Morgan fingerprint density at radius 2 is 1.69 bits per heavy atom. The van der Waals surface area contributed by atoms with E-state index in [9.17, 15) is 37.5 Å². The molecule has 0 aliphatic heterocycles. The van der Waals surface area contributed by atoms with E-state index in [0.29, 0.717) is 29.5 Å². The molecule has 1 heterocycles. The standard InChI is InChI=1S/C34H37ClF3N7O6/c1-19-3-2-4-24(17-19)39-28(48)26(46)14-13-25(29(49)50)41-27(47)20-5-11-23(12-6-20)40-30-42-31(44-32(43-30)51-18-34(36,37)38)45-33(15-16-33)21-7-9-22(35)10-8-21/h5-12,19,24-25H,2-4,13-18H2,1H3,(H,39,48)(H,41,47)(H,49,50)(H2,40,42,43,44,45)/t19?,24?,25-/m0/s1. The number of benzene rings is 2. The first-order valence-electron chi connectivity index (χ1n) is 16.4. The first-order valence-corrected chi connectivity index (χ1v) is 16.8. The van der Waals surface area contributed by atoms with Crippen LogP contribution in [-0.4, -0.2) is 68.5 Å². The SMILES string of the molecule is CC1CCCC(NC(=O)C(=O)CC[C@H](NC(=O)c2ccc(Nc3nc(NC4(c5ccc(Cl)cc5)CC4)nc(OCC(F)(F)F)n3)cc2)C(=O)O)C1. The number of amides is 2. The molecule has 0 saturated heterocycles. The van der Waals surface area contributed by atoms with E-state index < -0.39 is 53.9 Å². The molecule has 272 valence electrons. The van der Waals surface area contributed by atoms with Crippen molar-refractivity contribution in [3.8, 4) is 6.01 Å². The van der Waals surface area contributed by atoms with E-state index in [-0.39, 0.29) is 36.3 Å². The molecule has 1 aromatic heterocycles. The number of alkyl halides is 3. The Hall–Kier alpha value is -4.99. The maximum Gasteiger partial charge on any atom is 0.422 e. The van der Waals surface area contributed by atoms with Crippen molar-refractivity contribution in [2.75, 3.05) is 17.2 Å². The summed E-state index contributed by atoms with van der Waals surface area (Å²) >= 11 is 6.02. The summed E-state index contributed by atoms with van der Waals surface area (Å²) in [4.78, 5) is 61.9. The predicted octanol–water partition coefficient (Wildman–Crippen LogP) is 5.54. The van der Waals surface area contributed by atoms with Gasteiger partial charge in [-0.15, -0.1) is 0 Å². The van der Waals surface area contributed by atoms with Crippen LogP contribution in [0, 0.1) is 5.92 Å². The number of nitrogens with zero attached hydrogens (tertiary/aromatic N) is 3. The van der Waals surface area contributed by atoms with Gasteiger partial charge in [-0.25, -0.2) is 4.79 Å². The van der Waals surface area contributed by atoms with E-state index in [1.54, 1.807) is 12.1 Å². The Morgan fingerprint density at radius 3 is 2.31 bits per heavy atom. The zero-order valence-electron chi connectivity index (χ0n) is 27.6. The van der Waals surface area contributed by atoms with Gasteiger partial charge in [0.2, 0.25) is 17.7 Å². The van der Waals surface area contributed by atoms with Crippen LogP contribution < -0.4 is 26.0 Å². The summed E-state index contributed by atoms with van der Waals surface area (Å²) in [6, 6.07) is 10.7. The van der Waals surface area contributed by atoms with Crippen LogP contribution in [0.5, 0.6) is 6.01 Å². The summed E-state index contributed by atoms with van der Waals surface area (Å²) in [7, 11) is 0. The molecule has 5 rings (SSSR count). The minimum atomic E-state index is -4.64. The van der Waals surface area contributed by atoms with Gasteiger partial charge < -0.3 is 31.1 Å². The van der Waals surface area contributed by atoms with Gasteiger partial charge in [0.15, 0.2) is 6.61 Å². The number of ketones is 1. The van der Waals surface area contributed by atoms with E-state index >= 15 is 0 Å². The molecule has 2 unspecified atom stereocenters. The topological polar surface area (TPSA) is 185 Å². The van der Waals surface area contributed by atoms with Crippen LogP contribution in [0.4, 0.5) is 30.8 Å². The number of carboxylic acid groups (broad SMARTS) is 1. The highest BCUT2D eigenvalue weighted by Gasteiger charge is 2.45. The number of hydrogen-bond acceptors (Lipinski definition) is 10. The summed E-state index contributed by atoms with van der Waals surface area (Å²) in [6.07, 6.45) is -0.306. The maximum absolute atomic E-state index is 12.9. The number of carbonyl (C=O) groups is 4. The number of carbonyl (C=O) groups excluding carboxylic acids is 3. The second kappa shape index (κ2) is 15.9. The number of aliphatic carboxylic acids is 1. The fraction of sp³-hybridized carbons (Fsp3) is 0.441. The van der Waals surface area contributed by atoms with Crippen LogP contribution in [-0.2, 0) is 19.9 Å². The summed E-state index contributed by atoms with van der Waals surface area (Å²) in [5.41, 5.74) is 0.747.